The number of benzene rings is 2. The van der Waals surface area contributed by atoms with E-state index in [2.05, 4.69) is 35.3 Å². The minimum Gasteiger partial charge on any atom is -0.378 e. The Hall–Kier alpha value is -2.03. The molecule has 0 fully saturated rings. The van der Waals surface area contributed by atoms with Crippen LogP contribution in [-0.2, 0) is 6.42 Å². The fourth-order valence-corrected chi connectivity index (χ4v) is 3.01. The van der Waals surface area contributed by atoms with Gasteiger partial charge in [0.2, 0.25) is 0 Å². The topological polar surface area (TPSA) is 15.3 Å². The molecular weight excluding hydrogens is 263 g/mol. The summed E-state index contributed by atoms with van der Waals surface area (Å²) in [5.74, 6) is -0.138. The van der Waals surface area contributed by atoms with Crippen molar-refractivity contribution < 1.29 is 4.39 Å². The zero-order chi connectivity index (χ0) is 15.0. The number of rotatable bonds is 3. The smallest absolute Gasteiger partial charge is 0.123 e. The van der Waals surface area contributed by atoms with Crippen molar-refractivity contribution in [1.82, 2.24) is 0 Å². The van der Waals surface area contributed by atoms with E-state index in [1.54, 1.807) is 12.1 Å². The van der Waals surface area contributed by atoms with Gasteiger partial charge in [0.15, 0.2) is 0 Å². The molecule has 0 saturated carbocycles. The summed E-state index contributed by atoms with van der Waals surface area (Å²) < 4.78 is 13.3. The van der Waals surface area contributed by atoms with Gasteiger partial charge >= 0.3 is 0 Å². The van der Waals surface area contributed by atoms with E-state index in [1.807, 2.05) is 20.2 Å². The second-order valence-corrected chi connectivity index (χ2v) is 5.97. The highest BCUT2D eigenvalue weighted by Crippen LogP contribution is 2.35. The third-order valence-electron chi connectivity index (χ3n) is 4.24. The minimum absolute atomic E-state index is 0.138. The largest absolute Gasteiger partial charge is 0.378 e. The summed E-state index contributed by atoms with van der Waals surface area (Å²) in [6.07, 6.45) is 1.97. The molecule has 1 aliphatic rings. The number of aryl methyl sites for hydroxylation is 2. The second kappa shape index (κ2) is 5.40. The Balaban J connectivity index is 1.83. The number of anilines is 2. The predicted molar refractivity (Wildman–Crippen MR) is 86.6 cm³/mol. The van der Waals surface area contributed by atoms with Crippen molar-refractivity contribution in [2.45, 2.75) is 25.8 Å². The molecule has 0 bridgehead atoms. The first kappa shape index (κ1) is 13.9. The van der Waals surface area contributed by atoms with Gasteiger partial charge in [-0.1, -0.05) is 6.07 Å². The summed E-state index contributed by atoms with van der Waals surface area (Å²) in [6.45, 7) is 2.12. The molecule has 0 aromatic heterocycles. The van der Waals surface area contributed by atoms with Gasteiger partial charge in [0.1, 0.15) is 5.82 Å². The van der Waals surface area contributed by atoms with Crippen molar-refractivity contribution in [1.29, 1.82) is 0 Å². The fraction of sp³-hybridized carbons (Fsp3) is 0.333. The summed E-state index contributed by atoms with van der Waals surface area (Å²) in [7, 11) is 4.09. The van der Waals surface area contributed by atoms with Crippen LogP contribution in [0.5, 0.6) is 0 Å². The Labute approximate surface area is 125 Å². The zero-order valence-corrected chi connectivity index (χ0v) is 12.8. The molecule has 2 aromatic carbocycles. The van der Waals surface area contributed by atoms with Gasteiger partial charge in [-0.3, -0.25) is 0 Å². The Morgan fingerprint density at radius 3 is 2.67 bits per heavy atom. The molecule has 1 aliphatic carbocycles. The summed E-state index contributed by atoms with van der Waals surface area (Å²) in [5.41, 5.74) is 5.95. The summed E-state index contributed by atoms with van der Waals surface area (Å²) in [4.78, 5) is 2.10. The maximum absolute atomic E-state index is 13.3. The highest BCUT2D eigenvalue weighted by molar-refractivity contribution is 5.61. The van der Waals surface area contributed by atoms with Crippen molar-refractivity contribution in [3.63, 3.8) is 0 Å². The van der Waals surface area contributed by atoms with Crippen molar-refractivity contribution in [2.75, 3.05) is 24.3 Å². The van der Waals surface area contributed by atoms with E-state index in [1.165, 1.54) is 16.8 Å². The maximum Gasteiger partial charge on any atom is 0.123 e. The van der Waals surface area contributed by atoms with Crippen molar-refractivity contribution in [3.05, 3.63) is 58.9 Å². The fourth-order valence-electron chi connectivity index (χ4n) is 3.01. The molecule has 0 spiro atoms. The van der Waals surface area contributed by atoms with Crippen LogP contribution in [0.3, 0.4) is 0 Å². The Bertz CT molecular complexity index is 664. The van der Waals surface area contributed by atoms with Crippen LogP contribution in [0.4, 0.5) is 15.8 Å². The standard InChI is InChI=1S/C18H21FN2/c1-12-10-15(21(2)3)6-9-17(12)20-18-8-4-13-11-14(19)5-7-16(13)18/h5-7,9-11,18,20H,4,8H2,1-3H3. The van der Waals surface area contributed by atoms with E-state index in [9.17, 15) is 4.39 Å². The molecule has 1 N–H and O–H groups in total. The molecule has 21 heavy (non-hydrogen) atoms. The Morgan fingerprint density at radius 2 is 1.95 bits per heavy atom. The number of fused-ring (bicyclic) bond motifs is 1. The van der Waals surface area contributed by atoms with Crippen LogP contribution in [0.15, 0.2) is 36.4 Å². The van der Waals surface area contributed by atoms with E-state index in [0.717, 1.165) is 24.1 Å². The lowest BCUT2D eigenvalue weighted by Crippen LogP contribution is -2.11. The SMILES string of the molecule is Cc1cc(N(C)C)ccc1NC1CCc2cc(F)ccc21. The van der Waals surface area contributed by atoms with Gasteiger partial charge in [0, 0.05) is 25.5 Å². The van der Waals surface area contributed by atoms with Gasteiger partial charge in [0.05, 0.1) is 6.04 Å². The maximum atomic E-state index is 13.3. The first-order valence-electron chi connectivity index (χ1n) is 7.37. The summed E-state index contributed by atoms with van der Waals surface area (Å²) in [5, 5.41) is 3.61. The molecule has 2 nitrogen and oxygen atoms in total. The normalized spacial score (nSPS) is 16.7. The monoisotopic (exact) mass is 284 g/mol. The molecule has 0 radical (unpaired) electrons. The van der Waals surface area contributed by atoms with E-state index in [0.29, 0.717) is 0 Å². The minimum atomic E-state index is -0.138. The third kappa shape index (κ3) is 2.73. The quantitative estimate of drug-likeness (QED) is 0.904. The van der Waals surface area contributed by atoms with Crippen molar-refractivity contribution in [3.8, 4) is 0 Å². The molecule has 0 amide bonds. The average molecular weight is 284 g/mol. The van der Waals surface area contributed by atoms with Crippen LogP contribution < -0.4 is 10.2 Å². The van der Waals surface area contributed by atoms with Crippen LogP contribution in [0.1, 0.15) is 29.2 Å². The Kier molecular flexibility index (Phi) is 3.58. The first-order chi connectivity index (χ1) is 10.0. The average Bonchev–Trinajstić information content (AvgIpc) is 2.83. The molecule has 0 saturated heterocycles. The lowest BCUT2D eigenvalue weighted by molar-refractivity contribution is 0.626. The van der Waals surface area contributed by atoms with Crippen molar-refractivity contribution >= 4 is 11.4 Å². The third-order valence-corrected chi connectivity index (χ3v) is 4.24. The van der Waals surface area contributed by atoms with Gasteiger partial charge < -0.3 is 10.2 Å². The molecular formula is C18H21FN2. The first-order valence-corrected chi connectivity index (χ1v) is 7.37. The van der Waals surface area contributed by atoms with E-state index in [-0.39, 0.29) is 11.9 Å². The molecule has 3 rings (SSSR count). The van der Waals surface area contributed by atoms with E-state index < -0.39 is 0 Å². The number of hydrogen-bond donors (Lipinski definition) is 1. The molecule has 1 unspecified atom stereocenters. The number of nitrogens with zero attached hydrogens (tertiary/aromatic N) is 1. The van der Waals surface area contributed by atoms with Crippen LogP contribution >= 0.6 is 0 Å². The second-order valence-electron chi connectivity index (χ2n) is 5.97. The number of hydrogen-bond acceptors (Lipinski definition) is 2. The molecule has 3 heteroatoms. The molecule has 1 atom stereocenters. The van der Waals surface area contributed by atoms with Gasteiger partial charge in [-0.25, -0.2) is 4.39 Å². The highest BCUT2D eigenvalue weighted by atomic mass is 19.1. The van der Waals surface area contributed by atoms with Crippen LogP contribution in [0, 0.1) is 12.7 Å². The molecule has 110 valence electrons. The Morgan fingerprint density at radius 1 is 1.14 bits per heavy atom. The van der Waals surface area contributed by atoms with Crippen LogP contribution in [-0.4, -0.2) is 14.1 Å². The predicted octanol–water partition coefficient (Wildman–Crippen LogP) is 4.30. The molecule has 0 heterocycles. The van der Waals surface area contributed by atoms with Gasteiger partial charge in [-0.15, -0.1) is 0 Å². The van der Waals surface area contributed by atoms with E-state index >= 15 is 0 Å². The van der Waals surface area contributed by atoms with Crippen LogP contribution in [0.25, 0.3) is 0 Å². The summed E-state index contributed by atoms with van der Waals surface area (Å²) >= 11 is 0. The molecule has 2 aromatic rings. The lowest BCUT2D eigenvalue weighted by Gasteiger charge is -2.20. The number of halogens is 1. The van der Waals surface area contributed by atoms with Crippen LogP contribution in [0.2, 0.25) is 0 Å². The zero-order valence-electron chi connectivity index (χ0n) is 12.8. The van der Waals surface area contributed by atoms with E-state index in [4.69, 9.17) is 0 Å². The number of nitrogens with one attached hydrogen (secondary N) is 1. The lowest BCUT2D eigenvalue weighted by atomic mass is 10.1. The van der Waals surface area contributed by atoms with Gasteiger partial charge in [-0.2, -0.15) is 0 Å². The summed E-state index contributed by atoms with van der Waals surface area (Å²) in [6, 6.07) is 11.9. The van der Waals surface area contributed by atoms with Gasteiger partial charge in [0.25, 0.3) is 0 Å². The highest BCUT2D eigenvalue weighted by Gasteiger charge is 2.23. The molecule has 0 aliphatic heterocycles. The van der Waals surface area contributed by atoms with Gasteiger partial charge in [-0.05, 0) is 66.8 Å². The van der Waals surface area contributed by atoms with Crippen molar-refractivity contribution in [2.24, 2.45) is 0 Å².